The van der Waals surface area contributed by atoms with Gasteiger partial charge in [-0.3, -0.25) is 9.36 Å². The Morgan fingerprint density at radius 2 is 2.28 bits per heavy atom. The van der Waals surface area contributed by atoms with E-state index in [4.69, 9.17) is 4.42 Å². The number of carbonyl (C=O) groups is 1. The Balaban J connectivity index is 1.74. The van der Waals surface area contributed by atoms with Gasteiger partial charge >= 0.3 is 5.69 Å². The van der Waals surface area contributed by atoms with Crippen LogP contribution in [0.3, 0.4) is 0 Å². The molecule has 0 aliphatic rings. The molecule has 3 rings (SSSR count). The molecule has 1 amide bonds. The van der Waals surface area contributed by atoms with Gasteiger partial charge in [-0.2, -0.15) is 5.26 Å². The molecular formula is C16H15N5O3S. The summed E-state index contributed by atoms with van der Waals surface area (Å²) in [6, 6.07) is 9.04. The largest absolute Gasteiger partial charge is 0.443 e. The summed E-state index contributed by atoms with van der Waals surface area (Å²) in [4.78, 5) is 23.9. The molecule has 2 aromatic heterocycles. The van der Waals surface area contributed by atoms with E-state index in [1.54, 1.807) is 24.3 Å². The molecule has 2 N–H and O–H groups in total. The van der Waals surface area contributed by atoms with Crippen molar-refractivity contribution in [3.8, 4) is 6.07 Å². The first-order valence-corrected chi connectivity index (χ1v) is 8.62. The number of aromatic nitrogens is 3. The summed E-state index contributed by atoms with van der Waals surface area (Å²) in [5, 5.41) is 19.3. The van der Waals surface area contributed by atoms with Gasteiger partial charge in [0.05, 0.1) is 5.75 Å². The van der Waals surface area contributed by atoms with Crippen molar-refractivity contribution in [3.63, 3.8) is 0 Å². The number of hydrogen-bond acceptors (Lipinski definition) is 6. The average Bonchev–Trinajstić information content (AvgIpc) is 3.15. The van der Waals surface area contributed by atoms with Crippen LogP contribution in [-0.4, -0.2) is 26.4 Å². The summed E-state index contributed by atoms with van der Waals surface area (Å²) in [5.74, 6) is -0.202. The Morgan fingerprint density at radius 3 is 3.04 bits per heavy atom. The van der Waals surface area contributed by atoms with Crippen LogP contribution in [0, 0.1) is 11.3 Å². The minimum atomic E-state index is -0.313. The van der Waals surface area contributed by atoms with Gasteiger partial charge in [-0.05, 0) is 18.6 Å². The van der Waals surface area contributed by atoms with Crippen molar-refractivity contribution in [2.24, 2.45) is 0 Å². The summed E-state index contributed by atoms with van der Waals surface area (Å²) in [7, 11) is 0. The average molecular weight is 357 g/mol. The van der Waals surface area contributed by atoms with Crippen molar-refractivity contribution in [3.05, 3.63) is 40.5 Å². The van der Waals surface area contributed by atoms with E-state index in [0.29, 0.717) is 28.4 Å². The number of furan rings is 1. The lowest BCUT2D eigenvalue weighted by atomic mass is 10.2. The van der Waals surface area contributed by atoms with Crippen molar-refractivity contribution < 1.29 is 9.21 Å². The highest BCUT2D eigenvalue weighted by molar-refractivity contribution is 7.99. The molecular weight excluding hydrogens is 342 g/mol. The maximum absolute atomic E-state index is 12.3. The number of benzene rings is 1. The number of nitrogens with one attached hydrogen (secondary N) is 2. The van der Waals surface area contributed by atoms with Gasteiger partial charge < -0.3 is 9.73 Å². The molecule has 1 aromatic carbocycles. The van der Waals surface area contributed by atoms with Crippen LogP contribution in [0.5, 0.6) is 0 Å². The smallest absolute Gasteiger partial charge is 0.343 e. The van der Waals surface area contributed by atoms with Crippen molar-refractivity contribution in [1.82, 2.24) is 14.8 Å². The van der Waals surface area contributed by atoms with Crippen LogP contribution in [0.2, 0.25) is 0 Å². The normalized spacial score (nSPS) is 10.7. The molecule has 0 bridgehead atoms. The van der Waals surface area contributed by atoms with Crippen molar-refractivity contribution in [1.29, 1.82) is 5.26 Å². The molecule has 3 aromatic rings. The monoisotopic (exact) mass is 357 g/mol. The van der Waals surface area contributed by atoms with Gasteiger partial charge in [-0.15, -0.1) is 5.10 Å². The number of carbonyl (C=O) groups excluding carboxylic acids is 1. The van der Waals surface area contributed by atoms with Crippen LogP contribution in [0.4, 0.5) is 5.69 Å². The summed E-state index contributed by atoms with van der Waals surface area (Å²) in [5.41, 5.74) is 0.597. The summed E-state index contributed by atoms with van der Waals surface area (Å²) in [6.45, 7) is 2.48. The lowest BCUT2D eigenvalue weighted by Crippen LogP contribution is -2.18. The number of nitriles is 1. The second-order valence-electron chi connectivity index (χ2n) is 5.21. The molecule has 0 atom stereocenters. The predicted molar refractivity (Wildman–Crippen MR) is 93.4 cm³/mol. The quantitative estimate of drug-likeness (QED) is 0.654. The molecule has 0 radical (unpaired) electrons. The molecule has 8 nitrogen and oxygen atoms in total. The molecule has 0 saturated heterocycles. The van der Waals surface area contributed by atoms with E-state index in [0.717, 1.165) is 18.2 Å². The molecule has 2 heterocycles. The van der Waals surface area contributed by atoms with E-state index in [1.807, 2.05) is 13.0 Å². The molecule has 0 fully saturated rings. The van der Waals surface area contributed by atoms with Crippen LogP contribution in [0.15, 0.2) is 38.6 Å². The Hall–Kier alpha value is -2.99. The third-order valence-electron chi connectivity index (χ3n) is 3.46. The van der Waals surface area contributed by atoms with Gasteiger partial charge in [0.2, 0.25) is 11.7 Å². The maximum Gasteiger partial charge on any atom is 0.343 e. The third-order valence-corrected chi connectivity index (χ3v) is 4.44. The molecule has 0 spiro atoms. The number of anilines is 1. The second kappa shape index (κ2) is 7.27. The zero-order valence-electron chi connectivity index (χ0n) is 13.4. The summed E-state index contributed by atoms with van der Waals surface area (Å²) in [6.07, 6.45) is 0.783. The fraction of sp³-hybridized carbons (Fsp3) is 0.250. The lowest BCUT2D eigenvalue weighted by Gasteiger charge is -2.05. The maximum atomic E-state index is 12.3. The van der Waals surface area contributed by atoms with Crippen molar-refractivity contribution in [2.75, 3.05) is 11.1 Å². The fourth-order valence-corrected chi connectivity index (χ4v) is 3.16. The van der Waals surface area contributed by atoms with Gasteiger partial charge in [-0.25, -0.2) is 9.89 Å². The Morgan fingerprint density at radius 1 is 1.48 bits per heavy atom. The number of amides is 1. The number of nitrogens with zero attached hydrogens (tertiary/aromatic N) is 3. The molecule has 0 saturated carbocycles. The molecule has 0 aliphatic carbocycles. The zero-order chi connectivity index (χ0) is 17.8. The van der Waals surface area contributed by atoms with E-state index in [1.165, 1.54) is 4.57 Å². The van der Waals surface area contributed by atoms with Crippen LogP contribution in [0.1, 0.15) is 19.1 Å². The predicted octanol–water partition coefficient (Wildman–Crippen LogP) is 2.33. The first-order chi connectivity index (χ1) is 12.1. The number of aromatic amines is 1. The van der Waals surface area contributed by atoms with Crippen LogP contribution in [0.25, 0.3) is 11.0 Å². The highest BCUT2D eigenvalue weighted by Crippen LogP contribution is 2.30. The molecule has 0 unspecified atom stereocenters. The highest BCUT2D eigenvalue weighted by atomic mass is 32.2. The number of para-hydroxylation sites is 1. The van der Waals surface area contributed by atoms with E-state index >= 15 is 0 Å². The van der Waals surface area contributed by atoms with Crippen molar-refractivity contribution >= 4 is 34.3 Å². The molecule has 9 heteroatoms. The van der Waals surface area contributed by atoms with Gasteiger partial charge in [0.15, 0.2) is 5.16 Å². The Bertz CT molecular complexity index is 1010. The van der Waals surface area contributed by atoms with Gasteiger partial charge in [0.1, 0.15) is 17.3 Å². The van der Waals surface area contributed by atoms with Crippen LogP contribution in [-0.2, 0) is 11.3 Å². The first-order valence-electron chi connectivity index (χ1n) is 7.63. The SMILES string of the molecule is CCCn1c(SCC(=O)Nc2c(C#N)oc3ccccc23)n[nH]c1=O. The number of fused-ring (bicyclic) bond motifs is 1. The molecule has 25 heavy (non-hydrogen) atoms. The highest BCUT2D eigenvalue weighted by Gasteiger charge is 2.17. The Kier molecular flexibility index (Phi) is 4.90. The standard InChI is InChI=1S/C16H15N5O3S/c1-2-7-21-15(23)19-20-16(21)25-9-13(22)18-14-10-5-3-4-6-11(10)24-12(14)8-17/h3-6H,2,7,9H2,1H3,(H,18,22)(H,19,23). The third kappa shape index (κ3) is 3.44. The lowest BCUT2D eigenvalue weighted by molar-refractivity contribution is -0.113. The van der Waals surface area contributed by atoms with Gasteiger partial charge in [0.25, 0.3) is 0 Å². The number of thioether (sulfide) groups is 1. The minimum absolute atomic E-state index is 0.0540. The van der Waals surface area contributed by atoms with Crippen LogP contribution < -0.4 is 11.0 Å². The van der Waals surface area contributed by atoms with E-state index < -0.39 is 0 Å². The van der Waals surface area contributed by atoms with Gasteiger partial charge in [0, 0.05) is 11.9 Å². The number of hydrogen-bond donors (Lipinski definition) is 2. The summed E-state index contributed by atoms with van der Waals surface area (Å²) < 4.78 is 6.91. The zero-order valence-corrected chi connectivity index (χ0v) is 14.2. The first kappa shape index (κ1) is 16.9. The number of rotatable bonds is 6. The molecule has 128 valence electrons. The minimum Gasteiger partial charge on any atom is -0.443 e. The van der Waals surface area contributed by atoms with Crippen LogP contribution >= 0.6 is 11.8 Å². The topological polar surface area (TPSA) is 117 Å². The van der Waals surface area contributed by atoms with Gasteiger partial charge in [-0.1, -0.05) is 30.8 Å². The Labute approximate surface area is 146 Å². The fourth-order valence-electron chi connectivity index (χ4n) is 2.39. The van der Waals surface area contributed by atoms with Crippen molar-refractivity contribution in [2.45, 2.75) is 25.0 Å². The summed E-state index contributed by atoms with van der Waals surface area (Å²) >= 11 is 1.15. The van der Waals surface area contributed by atoms with E-state index in [-0.39, 0.29) is 23.1 Å². The second-order valence-corrected chi connectivity index (χ2v) is 6.16. The van der Waals surface area contributed by atoms with E-state index in [2.05, 4.69) is 15.5 Å². The van der Waals surface area contributed by atoms with E-state index in [9.17, 15) is 14.9 Å². The molecule has 0 aliphatic heterocycles. The number of H-pyrrole nitrogens is 1.